The van der Waals surface area contributed by atoms with Gasteiger partial charge in [0.25, 0.3) is 0 Å². The molecule has 1 aliphatic rings. The minimum absolute atomic E-state index is 0.0500. The molecule has 0 aromatic heterocycles. The minimum atomic E-state index is -3.65. The molecule has 0 amide bonds. The summed E-state index contributed by atoms with van der Waals surface area (Å²) in [5.74, 6) is -0.627. The molecule has 1 heterocycles. The van der Waals surface area contributed by atoms with Gasteiger partial charge in [-0.1, -0.05) is 6.92 Å². The van der Waals surface area contributed by atoms with Crippen LogP contribution in [0.2, 0.25) is 0 Å². The maximum atomic E-state index is 13.5. The van der Waals surface area contributed by atoms with E-state index in [4.69, 9.17) is 4.74 Å². The molecule has 1 unspecified atom stereocenters. The predicted octanol–water partition coefficient (Wildman–Crippen LogP) is 1.60. The molecule has 1 aliphatic heterocycles. The van der Waals surface area contributed by atoms with E-state index < -0.39 is 15.8 Å². The van der Waals surface area contributed by atoms with Crippen molar-refractivity contribution >= 4 is 10.0 Å². The fraction of sp³-hybridized carbons (Fsp3) is 0.571. The molecule has 1 aromatic rings. The van der Waals surface area contributed by atoms with E-state index in [1.165, 1.54) is 23.5 Å². The van der Waals surface area contributed by atoms with Gasteiger partial charge in [0.15, 0.2) is 11.6 Å². The van der Waals surface area contributed by atoms with Crippen LogP contribution >= 0.6 is 0 Å². The average Bonchev–Trinajstić information content (AvgIpc) is 2.98. The van der Waals surface area contributed by atoms with Crippen molar-refractivity contribution in [3.05, 3.63) is 24.0 Å². The number of nitrogens with zero attached hydrogens (tertiary/aromatic N) is 1. The van der Waals surface area contributed by atoms with Crippen LogP contribution in [0, 0.1) is 5.82 Å². The molecular weight excluding hydrogens is 295 g/mol. The van der Waals surface area contributed by atoms with Gasteiger partial charge in [0.05, 0.1) is 12.0 Å². The van der Waals surface area contributed by atoms with Crippen LogP contribution in [-0.4, -0.2) is 45.5 Å². The monoisotopic (exact) mass is 316 g/mol. The Morgan fingerprint density at radius 1 is 1.48 bits per heavy atom. The van der Waals surface area contributed by atoms with E-state index in [2.05, 4.69) is 5.32 Å². The highest BCUT2D eigenvalue weighted by atomic mass is 32.2. The molecule has 2 rings (SSSR count). The van der Waals surface area contributed by atoms with Crippen LogP contribution in [0.25, 0.3) is 0 Å². The van der Waals surface area contributed by atoms with Crippen molar-refractivity contribution in [2.24, 2.45) is 0 Å². The number of methoxy groups -OCH3 is 1. The molecule has 1 aromatic carbocycles. The van der Waals surface area contributed by atoms with Crippen molar-refractivity contribution in [3.63, 3.8) is 0 Å². The highest BCUT2D eigenvalue weighted by Gasteiger charge is 2.33. The Bertz CT molecular complexity index is 586. The maximum absolute atomic E-state index is 13.5. The van der Waals surface area contributed by atoms with Crippen molar-refractivity contribution in [2.75, 3.05) is 26.7 Å². The van der Waals surface area contributed by atoms with E-state index in [-0.39, 0.29) is 16.7 Å². The molecule has 0 aliphatic carbocycles. The number of halogens is 1. The lowest BCUT2D eigenvalue weighted by atomic mass is 10.2. The molecule has 1 saturated heterocycles. The molecule has 0 spiro atoms. The number of nitrogens with one attached hydrogen (secondary N) is 1. The van der Waals surface area contributed by atoms with E-state index in [0.717, 1.165) is 25.5 Å². The van der Waals surface area contributed by atoms with Crippen LogP contribution in [0.1, 0.15) is 19.8 Å². The molecular formula is C14H21FN2O3S. The third-order valence-corrected chi connectivity index (χ3v) is 5.56. The lowest BCUT2D eigenvalue weighted by Crippen LogP contribution is -2.42. The van der Waals surface area contributed by atoms with Crippen molar-refractivity contribution in [1.29, 1.82) is 0 Å². The Morgan fingerprint density at radius 2 is 2.24 bits per heavy atom. The Morgan fingerprint density at radius 3 is 2.81 bits per heavy atom. The van der Waals surface area contributed by atoms with Crippen molar-refractivity contribution < 1.29 is 17.5 Å². The predicted molar refractivity (Wildman–Crippen MR) is 78.4 cm³/mol. The first-order chi connectivity index (χ1) is 10.0. The van der Waals surface area contributed by atoms with Gasteiger partial charge in [0.2, 0.25) is 10.0 Å². The number of benzene rings is 1. The van der Waals surface area contributed by atoms with Crippen LogP contribution in [0.5, 0.6) is 5.75 Å². The third kappa shape index (κ3) is 3.36. The molecule has 0 bridgehead atoms. The summed E-state index contributed by atoms with van der Waals surface area (Å²) in [6.45, 7) is 3.86. The molecule has 1 atom stereocenters. The Labute approximate surface area is 125 Å². The van der Waals surface area contributed by atoms with Gasteiger partial charge < -0.3 is 10.1 Å². The quantitative estimate of drug-likeness (QED) is 0.866. The van der Waals surface area contributed by atoms with Crippen molar-refractivity contribution in [2.45, 2.75) is 30.7 Å². The van der Waals surface area contributed by atoms with Crippen LogP contribution in [0.3, 0.4) is 0 Å². The highest BCUT2D eigenvalue weighted by molar-refractivity contribution is 7.89. The lowest BCUT2D eigenvalue weighted by Gasteiger charge is -2.27. The van der Waals surface area contributed by atoms with Gasteiger partial charge in [-0.05, 0) is 31.5 Å². The van der Waals surface area contributed by atoms with Gasteiger partial charge in [-0.25, -0.2) is 12.8 Å². The number of sulfonamides is 1. The SMILES string of the molecule is CCCN(C1CCNC1)S(=O)(=O)c1ccc(F)c(OC)c1. The molecule has 0 saturated carbocycles. The Balaban J connectivity index is 2.37. The average molecular weight is 316 g/mol. The summed E-state index contributed by atoms with van der Waals surface area (Å²) >= 11 is 0. The third-order valence-electron chi connectivity index (χ3n) is 3.61. The van der Waals surface area contributed by atoms with E-state index in [1.54, 1.807) is 0 Å². The molecule has 0 radical (unpaired) electrons. The zero-order chi connectivity index (χ0) is 15.5. The fourth-order valence-corrected chi connectivity index (χ4v) is 4.30. The molecule has 7 heteroatoms. The largest absolute Gasteiger partial charge is 0.494 e. The number of hydrogen-bond acceptors (Lipinski definition) is 4. The second-order valence-electron chi connectivity index (χ2n) is 5.06. The van der Waals surface area contributed by atoms with E-state index >= 15 is 0 Å². The standard InChI is InChI=1S/C14H21FN2O3S/c1-3-8-17(11-6-7-16-10-11)21(18,19)12-4-5-13(15)14(9-12)20-2/h4-5,9,11,16H,3,6-8,10H2,1-2H3. The van der Waals surface area contributed by atoms with Crippen LogP contribution in [-0.2, 0) is 10.0 Å². The second-order valence-corrected chi connectivity index (χ2v) is 6.95. The van der Waals surface area contributed by atoms with Gasteiger partial charge in [0.1, 0.15) is 0 Å². The normalized spacial score (nSPS) is 19.1. The smallest absolute Gasteiger partial charge is 0.243 e. The van der Waals surface area contributed by atoms with E-state index in [0.29, 0.717) is 13.1 Å². The summed E-state index contributed by atoms with van der Waals surface area (Å²) in [4.78, 5) is 0.0705. The Hall–Kier alpha value is -1.18. The van der Waals surface area contributed by atoms with Gasteiger partial charge in [-0.3, -0.25) is 0 Å². The zero-order valence-corrected chi connectivity index (χ0v) is 13.1. The zero-order valence-electron chi connectivity index (χ0n) is 12.3. The summed E-state index contributed by atoms with van der Waals surface area (Å²) in [6.07, 6.45) is 1.52. The summed E-state index contributed by atoms with van der Waals surface area (Å²) in [7, 11) is -2.33. The minimum Gasteiger partial charge on any atom is -0.494 e. The topological polar surface area (TPSA) is 58.6 Å². The van der Waals surface area contributed by atoms with Crippen LogP contribution < -0.4 is 10.1 Å². The van der Waals surface area contributed by atoms with E-state index in [1.807, 2.05) is 6.92 Å². The number of ether oxygens (including phenoxy) is 1. The summed E-state index contributed by atoms with van der Waals surface area (Å²) in [5.41, 5.74) is 0. The molecule has 1 fully saturated rings. The lowest BCUT2D eigenvalue weighted by molar-refractivity contribution is 0.334. The van der Waals surface area contributed by atoms with Gasteiger partial charge in [-0.15, -0.1) is 0 Å². The Kier molecular flexibility index (Phi) is 5.18. The molecule has 5 nitrogen and oxygen atoms in total. The van der Waals surface area contributed by atoms with Gasteiger partial charge in [0, 0.05) is 25.2 Å². The van der Waals surface area contributed by atoms with Crippen molar-refractivity contribution in [3.8, 4) is 5.75 Å². The summed E-state index contributed by atoms with van der Waals surface area (Å²) in [5, 5.41) is 3.18. The van der Waals surface area contributed by atoms with Crippen LogP contribution in [0.15, 0.2) is 23.1 Å². The van der Waals surface area contributed by atoms with Gasteiger partial charge in [-0.2, -0.15) is 4.31 Å². The first-order valence-corrected chi connectivity index (χ1v) is 8.50. The van der Waals surface area contributed by atoms with E-state index in [9.17, 15) is 12.8 Å². The fourth-order valence-electron chi connectivity index (χ4n) is 2.54. The molecule has 118 valence electrons. The highest BCUT2D eigenvalue weighted by Crippen LogP contribution is 2.26. The number of hydrogen-bond donors (Lipinski definition) is 1. The van der Waals surface area contributed by atoms with Crippen LogP contribution in [0.4, 0.5) is 4.39 Å². The summed E-state index contributed by atoms with van der Waals surface area (Å²) in [6, 6.07) is 3.61. The summed E-state index contributed by atoms with van der Waals surface area (Å²) < 4.78 is 45.5. The second kappa shape index (κ2) is 6.72. The molecule has 21 heavy (non-hydrogen) atoms. The number of rotatable bonds is 6. The first-order valence-electron chi connectivity index (χ1n) is 7.06. The van der Waals surface area contributed by atoms with Crippen molar-refractivity contribution in [1.82, 2.24) is 9.62 Å². The maximum Gasteiger partial charge on any atom is 0.243 e. The van der Waals surface area contributed by atoms with Gasteiger partial charge >= 0.3 is 0 Å². The molecule has 1 N–H and O–H groups in total. The first kappa shape index (κ1) is 16.2.